The molecule has 1 heterocycles. The van der Waals surface area contributed by atoms with Crippen molar-refractivity contribution in [1.29, 1.82) is 0 Å². The second-order valence-electron chi connectivity index (χ2n) is 5.25. The molecule has 0 saturated carbocycles. The van der Waals surface area contributed by atoms with Gasteiger partial charge in [0.25, 0.3) is 0 Å². The Labute approximate surface area is 123 Å². The van der Waals surface area contributed by atoms with Crippen molar-refractivity contribution in [3.8, 4) is 0 Å². The number of hydrogen-bond acceptors (Lipinski definition) is 3. The van der Waals surface area contributed by atoms with Crippen LogP contribution in [0.1, 0.15) is 30.9 Å². The van der Waals surface area contributed by atoms with Crippen molar-refractivity contribution in [2.75, 3.05) is 26.7 Å². The van der Waals surface area contributed by atoms with Crippen molar-refractivity contribution in [2.24, 2.45) is 0 Å². The number of rotatable bonds is 6. The minimum Gasteiger partial charge on any atom is -0.388 e. The highest BCUT2D eigenvalue weighted by Gasteiger charge is 2.17. The predicted octanol–water partition coefficient (Wildman–Crippen LogP) is 2.98. The Kier molecular flexibility index (Phi) is 5.82. The van der Waals surface area contributed by atoms with Crippen LogP contribution in [-0.4, -0.2) is 42.9 Å². The number of nitrogens with zero attached hydrogens (tertiary/aromatic N) is 1. The largest absolute Gasteiger partial charge is 0.388 e. The molecule has 0 spiro atoms. The van der Waals surface area contributed by atoms with Crippen LogP contribution >= 0.6 is 15.9 Å². The van der Waals surface area contributed by atoms with Gasteiger partial charge < -0.3 is 14.7 Å². The van der Waals surface area contributed by atoms with Gasteiger partial charge in [-0.05, 0) is 44.0 Å². The van der Waals surface area contributed by atoms with Gasteiger partial charge in [-0.1, -0.05) is 28.1 Å². The standard InChI is InChI=1S/C15H22BrNO2/c1-17(11-14-3-2-10-19-14)9-8-15(18)12-4-6-13(16)7-5-12/h4-7,14-15,18H,2-3,8-11H2,1H3. The fraction of sp³-hybridized carbons (Fsp3) is 0.600. The lowest BCUT2D eigenvalue weighted by molar-refractivity contribution is 0.0740. The van der Waals surface area contributed by atoms with Crippen LogP contribution in [0.3, 0.4) is 0 Å². The molecule has 3 nitrogen and oxygen atoms in total. The van der Waals surface area contributed by atoms with Crippen LogP contribution in [-0.2, 0) is 4.74 Å². The first-order valence-corrected chi connectivity index (χ1v) is 7.68. The van der Waals surface area contributed by atoms with Crippen molar-refractivity contribution in [3.05, 3.63) is 34.3 Å². The average Bonchev–Trinajstić information content (AvgIpc) is 2.89. The summed E-state index contributed by atoms with van der Waals surface area (Å²) in [5.41, 5.74) is 0.980. The summed E-state index contributed by atoms with van der Waals surface area (Å²) in [6.45, 7) is 2.75. The molecule has 19 heavy (non-hydrogen) atoms. The summed E-state index contributed by atoms with van der Waals surface area (Å²) >= 11 is 3.40. The molecule has 0 amide bonds. The van der Waals surface area contributed by atoms with E-state index in [0.717, 1.165) is 36.2 Å². The number of hydrogen-bond donors (Lipinski definition) is 1. The Hall–Kier alpha value is -0.420. The monoisotopic (exact) mass is 327 g/mol. The summed E-state index contributed by atoms with van der Waals surface area (Å²) in [4.78, 5) is 2.25. The van der Waals surface area contributed by atoms with E-state index in [1.54, 1.807) is 0 Å². The molecular formula is C15H22BrNO2. The molecule has 0 radical (unpaired) electrons. The zero-order valence-electron chi connectivity index (χ0n) is 11.4. The highest BCUT2D eigenvalue weighted by atomic mass is 79.9. The van der Waals surface area contributed by atoms with Crippen molar-refractivity contribution in [2.45, 2.75) is 31.5 Å². The van der Waals surface area contributed by atoms with Crippen molar-refractivity contribution < 1.29 is 9.84 Å². The molecule has 2 atom stereocenters. The van der Waals surface area contributed by atoms with Gasteiger partial charge in [0.05, 0.1) is 12.2 Å². The van der Waals surface area contributed by atoms with Gasteiger partial charge in [0, 0.05) is 24.2 Å². The van der Waals surface area contributed by atoms with Gasteiger partial charge in [0.2, 0.25) is 0 Å². The zero-order chi connectivity index (χ0) is 13.7. The second kappa shape index (κ2) is 7.39. The molecule has 0 aliphatic carbocycles. The molecule has 0 bridgehead atoms. The molecule has 2 rings (SSSR count). The first-order valence-electron chi connectivity index (χ1n) is 6.89. The fourth-order valence-electron chi connectivity index (χ4n) is 2.42. The van der Waals surface area contributed by atoms with Crippen LogP contribution in [0.15, 0.2) is 28.7 Å². The van der Waals surface area contributed by atoms with Gasteiger partial charge in [-0.15, -0.1) is 0 Å². The topological polar surface area (TPSA) is 32.7 Å². The lowest BCUT2D eigenvalue weighted by Crippen LogP contribution is -2.30. The number of halogens is 1. The molecule has 1 fully saturated rings. The van der Waals surface area contributed by atoms with E-state index in [0.29, 0.717) is 6.10 Å². The maximum absolute atomic E-state index is 10.1. The molecule has 1 aliphatic heterocycles. The fourth-order valence-corrected chi connectivity index (χ4v) is 2.69. The van der Waals surface area contributed by atoms with Crippen LogP contribution in [0.25, 0.3) is 0 Å². The Morgan fingerprint density at radius 1 is 1.42 bits per heavy atom. The summed E-state index contributed by atoms with van der Waals surface area (Å²) in [5, 5.41) is 10.1. The molecular weight excluding hydrogens is 306 g/mol. The van der Waals surface area contributed by atoms with Crippen LogP contribution in [0.2, 0.25) is 0 Å². The van der Waals surface area contributed by atoms with Crippen LogP contribution in [0, 0.1) is 0 Å². The van der Waals surface area contributed by atoms with Crippen molar-refractivity contribution >= 4 is 15.9 Å². The summed E-state index contributed by atoms with van der Waals surface area (Å²) < 4.78 is 6.66. The number of aliphatic hydroxyl groups excluding tert-OH is 1. The predicted molar refractivity (Wildman–Crippen MR) is 80.2 cm³/mol. The van der Waals surface area contributed by atoms with E-state index < -0.39 is 0 Å². The van der Waals surface area contributed by atoms with E-state index >= 15 is 0 Å². The Morgan fingerprint density at radius 3 is 2.79 bits per heavy atom. The number of benzene rings is 1. The molecule has 1 aromatic carbocycles. The summed E-state index contributed by atoms with van der Waals surface area (Å²) in [7, 11) is 2.09. The van der Waals surface area contributed by atoms with Crippen LogP contribution in [0.5, 0.6) is 0 Å². The van der Waals surface area contributed by atoms with Gasteiger partial charge >= 0.3 is 0 Å². The van der Waals surface area contributed by atoms with Crippen molar-refractivity contribution in [3.63, 3.8) is 0 Å². The highest BCUT2D eigenvalue weighted by Crippen LogP contribution is 2.20. The van der Waals surface area contributed by atoms with Gasteiger partial charge in [-0.3, -0.25) is 0 Å². The summed E-state index contributed by atoms with van der Waals surface area (Å²) in [6.07, 6.45) is 3.10. The number of ether oxygens (including phenoxy) is 1. The van der Waals surface area contributed by atoms with Gasteiger partial charge in [-0.2, -0.15) is 0 Å². The Balaban J connectivity index is 1.73. The maximum atomic E-state index is 10.1. The third kappa shape index (κ3) is 4.88. The lowest BCUT2D eigenvalue weighted by atomic mass is 10.1. The van der Waals surface area contributed by atoms with E-state index in [9.17, 15) is 5.11 Å². The third-order valence-electron chi connectivity index (χ3n) is 3.58. The SMILES string of the molecule is CN(CCC(O)c1ccc(Br)cc1)CC1CCCO1. The highest BCUT2D eigenvalue weighted by molar-refractivity contribution is 9.10. The van der Waals surface area contributed by atoms with Gasteiger partial charge in [0.1, 0.15) is 0 Å². The molecule has 1 N–H and O–H groups in total. The molecule has 1 saturated heterocycles. The van der Waals surface area contributed by atoms with E-state index in [1.807, 2.05) is 24.3 Å². The van der Waals surface area contributed by atoms with Gasteiger partial charge in [-0.25, -0.2) is 0 Å². The van der Waals surface area contributed by atoms with E-state index in [1.165, 1.54) is 12.8 Å². The minimum atomic E-state index is -0.389. The quantitative estimate of drug-likeness (QED) is 0.871. The van der Waals surface area contributed by atoms with E-state index in [2.05, 4.69) is 27.9 Å². The molecule has 106 valence electrons. The number of aliphatic hydroxyl groups is 1. The second-order valence-corrected chi connectivity index (χ2v) is 6.17. The van der Waals surface area contributed by atoms with Crippen molar-refractivity contribution in [1.82, 2.24) is 4.90 Å². The lowest BCUT2D eigenvalue weighted by Gasteiger charge is -2.22. The third-order valence-corrected chi connectivity index (χ3v) is 4.11. The minimum absolute atomic E-state index is 0.384. The first-order chi connectivity index (χ1) is 9.15. The Bertz CT molecular complexity index is 376. The summed E-state index contributed by atoms with van der Waals surface area (Å²) in [5.74, 6) is 0. The number of likely N-dealkylation sites (N-methyl/N-ethyl adjacent to an activating group) is 1. The molecule has 4 heteroatoms. The summed E-state index contributed by atoms with van der Waals surface area (Å²) in [6, 6.07) is 7.87. The average molecular weight is 328 g/mol. The smallest absolute Gasteiger partial charge is 0.0802 e. The van der Waals surface area contributed by atoms with E-state index in [-0.39, 0.29) is 6.10 Å². The maximum Gasteiger partial charge on any atom is 0.0802 e. The van der Waals surface area contributed by atoms with Gasteiger partial charge in [0.15, 0.2) is 0 Å². The molecule has 0 aromatic heterocycles. The van der Waals surface area contributed by atoms with Crippen LogP contribution in [0.4, 0.5) is 0 Å². The normalized spacial score (nSPS) is 20.9. The zero-order valence-corrected chi connectivity index (χ0v) is 13.0. The molecule has 1 aromatic rings. The molecule has 2 unspecified atom stereocenters. The molecule has 1 aliphatic rings. The van der Waals surface area contributed by atoms with E-state index in [4.69, 9.17) is 4.74 Å². The Morgan fingerprint density at radius 2 is 2.16 bits per heavy atom. The van der Waals surface area contributed by atoms with Crippen LogP contribution < -0.4 is 0 Å². The first kappa shape index (κ1) is 15.0.